The summed E-state index contributed by atoms with van der Waals surface area (Å²) in [6.45, 7) is 5.25. The molecular formula is C12H16ClN3O3. The first kappa shape index (κ1) is 14.2. The van der Waals surface area contributed by atoms with Crippen LogP contribution in [0.15, 0.2) is 6.20 Å². The maximum Gasteiger partial charge on any atom is 0.356 e. The van der Waals surface area contributed by atoms with Gasteiger partial charge < -0.3 is 9.84 Å². The number of nitrogens with zero attached hydrogens (tertiary/aromatic N) is 3. The smallest absolute Gasteiger partial charge is 0.356 e. The Kier molecular flexibility index (Phi) is 4.68. The highest BCUT2D eigenvalue weighted by molar-refractivity contribution is 6.33. The first-order valence-electron chi connectivity index (χ1n) is 6.21. The van der Waals surface area contributed by atoms with Crippen molar-refractivity contribution in [1.29, 1.82) is 0 Å². The molecule has 0 aliphatic carbocycles. The molecule has 6 nitrogen and oxygen atoms in total. The molecule has 0 spiro atoms. The van der Waals surface area contributed by atoms with Crippen LogP contribution in [0.3, 0.4) is 0 Å². The number of carboxylic acids is 1. The van der Waals surface area contributed by atoms with Gasteiger partial charge in [-0.05, 0) is 13.0 Å². The van der Waals surface area contributed by atoms with Gasteiger partial charge in [0.1, 0.15) is 6.10 Å². The number of rotatable bonds is 4. The molecule has 0 bridgehead atoms. The van der Waals surface area contributed by atoms with Crippen molar-refractivity contribution in [2.24, 2.45) is 0 Å². The number of aromatic nitrogens is 2. The zero-order valence-corrected chi connectivity index (χ0v) is 11.4. The molecule has 0 saturated carbocycles. The first-order valence-corrected chi connectivity index (χ1v) is 6.59. The number of hydrogen-bond acceptors (Lipinski definition) is 5. The van der Waals surface area contributed by atoms with E-state index in [-0.39, 0.29) is 16.8 Å². The van der Waals surface area contributed by atoms with Gasteiger partial charge in [-0.3, -0.25) is 4.90 Å². The quantitative estimate of drug-likeness (QED) is 0.906. The Morgan fingerprint density at radius 2 is 2.47 bits per heavy atom. The minimum atomic E-state index is -1.16. The fourth-order valence-electron chi connectivity index (χ4n) is 2.06. The molecule has 0 aromatic carbocycles. The zero-order chi connectivity index (χ0) is 13.8. The Morgan fingerprint density at radius 1 is 1.68 bits per heavy atom. The molecule has 1 fully saturated rings. The summed E-state index contributed by atoms with van der Waals surface area (Å²) in [4.78, 5) is 21.3. The molecule has 104 valence electrons. The summed E-state index contributed by atoms with van der Waals surface area (Å²) < 4.78 is 5.61. The maximum atomic E-state index is 11.0. The van der Waals surface area contributed by atoms with E-state index in [9.17, 15) is 4.79 Å². The van der Waals surface area contributed by atoms with Crippen molar-refractivity contribution in [2.45, 2.75) is 19.4 Å². The molecule has 0 amide bonds. The van der Waals surface area contributed by atoms with Gasteiger partial charge in [0, 0.05) is 13.1 Å². The lowest BCUT2D eigenvalue weighted by Gasteiger charge is -2.31. The molecule has 1 atom stereocenters. The lowest BCUT2D eigenvalue weighted by molar-refractivity contribution is -0.0343. The molecule has 1 aromatic heterocycles. The fourth-order valence-corrected chi connectivity index (χ4v) is 2.24. The summed E-state index contributed by atoms with van der Waals surface area (Å²) in [7, 11) is 0. The van der Waals surface area contributed by atoms with E-state index in [0.29, 0.717) is 19.0 Å². The molecule has 19 heavy (non-hydrogen) atoms. The third-order valence-corrected chi connectivity index (χ3v) is 3.22. The van der Waals surface area contributed by atoms with Crippen molar-refractivity contribution >= 4 is 17.6 Å². The van der Waals surface area contributed by atoms with Crippen LogP contribution in [0.25, 0.3) is 0 Å². The van der Waals surface area contributed by atoms with Crippen LogP contribution in [-0.4, -0.2) is 52.2 Å². The summed E-state index contributed by atoms with van der Waals surface area (Å²) in [5, 5.41) is 9.04. The van der Waals surface area contributed by atoms with Gasteiger partial charge in [-0.15, -0.1) is 0 Å². The number of hydrogen-bond donors (Lipinski definition) is 1. The van der Waals surface area contributed by atoms with E-state index < -0.39 is 5.97 Å². The summed E-state index contributed by atoms with van der Waals surface area (Å²) in [6, 6.07) is 0. The van der Waals surface area contributed by atoms with Crippen LogP contribution in [0.1, 0.15) is 35.8 Å². The fraction of sp³-hybridized carbons (Fsp3) is 0.583. The molecule has 1 aromatic rings. The first-order chi connectivity index (χ1) is 9.11. The van der Waals surface area contributed by atoms with E-state index in [2.05, 4.69) is 21.8 Å². The lowest BCUT2D eigenvalue weighted by Crippen LogP contribution is -2.39. The topological polar surface area (TPSA) is 75.5 Å². The molecule has 1 saturated heterocycles. The van der Waals surface area contributed by atoms with Gasteiger partial charge >= 0.3 is 5.97 Å². The highest BCUT2D eigenvalue weighted by Crippen LogP contribution is 2.21. The van der Waals surface area contributed by atoms with E-state index in [1.165, 1.54) is 6.20 Å². The standard InChI is InChI=1S/C12H16ClN3O3/c1-2-3-16-4-5-19-9(7-16)11-14-6-8(13)10(15-11)12(17)18/h6,9H,2-5,7H2,1H3,(H,17,18). The van der Waals surface area contributed by atoms with E-state index in [0.717, 1.165) is 19.5 Å². The molecule has 1 N–H and O–H groups in total. The highest BCUT2D eigenvalue weighted by Gasteiger charge is 2.25. The van der Waals surface area contributed by atoms with Crippen molar-refractivity contribution in [3.8, 4) is 0 Å². The van der Waals surface area contributed by atoms with Crippen LogP contribution in [0.5, 0.6) is 0 Å². The highest BCUT2D eigenvalue weighted by atomic mass is 35.5. The summed E-state index contributed by atoms with van der Waals surface area (Å²) in [5.41, 5.74) is -0.178. The molecule has 7 heteroatoms. The number of carbonyl (C=O) groups is 1. The van der Waals surface area contributed by atoms with Crippen molar-refractivity contribution in [3.05, 3.63) is 22.7 Å². The monoisotopic (exact) mass is 285 g/mol. The van der Waals surface area contributed by atoms with Crippen molar-refractivity contribution in [3.63, 3.8) is 0 Å². The van der Waals surface area contributed by atoms with E-state index in [1.807, 2.05) is 0 Å². The molecular weight excluding hydrogens is 270 g/mol. The Balaban J connectivity index is 2.17. The van der Waals surface area contributed by atoms with E-state index in [4.69, 9.17) is 21.4 Å². The van der Waals surface area contributed by atoms with Gasteiger partial charge in [0.2, 0.25) is 0 Å². The van der Waals surface area contributed by atoms with Crippen LogP contribution < -0.4 is 0 Å². The van der Waals surface area contributed by atoms with Crippen LogP contribution in [0.2, 0.25) is 5.02 Å². The van der Waals surface area contributed by atoms with Gasteiger partial charge in [-0.2, -0.15) is 0 Å². The Hall–Kier alpha value is -1.24. The Morgan fingerprint density at radius 3 is 3.16 bits per heavy atom. The summed E-state index contributed by atoms with van der Waals surface area (Å²) in [5.74, 6) is -0.780. The van der Waals surface area contributed by atoms with Gasteiger partial charge in [-0.25, -0.2) is 14.8 Å². The molecule has 0 radical (unpaired) electrons. The third-order valence-electron chi connectivity index (χ3n) is 2.94. The average molecular weight is 286 g/mol. The van der Waals surface area contributed by atoms with Crippen molar-refractivity contribution in [2.75, 3.05) is 26.2 Å². The van der Waals surface area contributed by atoms with E-state index >= 15 is 0 Å². The number of halogens is 1. The second kappa shape index (κ2) is 6.27. The predicted molar refractivity (Wildman–Crippen MR) is 69.4 cm³/mol. The number of ether oxygens (including phenoxy) is 1. The molecule has 2 rings (SSSR count). The molecule has 1 unspecified atom stereocenters. The van der Waals surface area contributed by atoms with Gasteiger partial charge in [0.05, 0.1) is 17.8 Å². The van der Waals surface area contributed by atoms with Crippen LogP contribution >= 0.6 is 11.6 Å². The lowest BCUT2D eigenvalue weighted by atomic mass is 10.2. The normalized spacial score (nSPS) is 20.4. The van der Waals surface area contributed by atoms with Gasteiger partial charge in [0.25, 0.3) is 0 Å². The second-order valence-corrected chi connectivity index (χ2v) is 4.80. The predicted octanol–water partition coefficient (Wildman–Crippen LogP) is 1.61. The van der Waals surface area contributed by atoms with Crippen molar-refractivity contribution < 1.29 is 14.6 Å². The SMILES string of the molecule is CCCN1CCOC(c2ncc(Cl)c(C(=O)O)n2)C1. The number of morpholine rings is 1. The second-order valence-electron chi connectivity index (χ2n) is 4.39. The summed E-state index contributed by atoms with van der Waals surface area (Å²) >= 11 is 5.75. The van der Waals surface area contributed by atoms with Crippen LogP contribution in [-0.2, 0) is 4.74 Å². The van der Waals surface area contributed by atoms with E-state index in [1.54, 1.807) is 0 Å². The number of carboxylic acid groups (broad SMARTS) is 1. The summed E-state index contributed by atoms with van der Waals surface area (Å²) in [6.07, 6.45) is 2.08. The minimum absolute atomic E-state index is 0.0393. The maximum absolute atomic E-state index is 11.0. The van der Waals surface area contributed by atoms with Crippen LogP contribution in [0, 0.1) is 0 Å². The molecule has 1 aliphatic heterocycles. The average Bonchev–Trinajstić information content (AvgIpc) is 2.39. The largest absolute Gasteiger partial charge is 0.476 e. The zero-order valence-electron chi connectivity index (χ0n) is 10.7. The molecule has 1 aliphatic rings. The Labute approximate surface area is 116 Å². The number of aromatic carboxylic acids is 1. The van der Waals surface area contributed by atoms with Crippen molar-refractivity contribution in [1.82, 2.24) is 14.9 Å². The van der Waals surface area contributed by atoms with Gasteiger partial charge in [0.15, 0.2) is 11.5 Å². The molecule has 2 heterocycles. The van der Waals surface area contributed by atoms with Gasteiger partial charge in [-0.1, -0.05) is 18.5 Å². The Bertz CT molecular complexity index is 468. The third kappa shape index (κ3) is 3.40. The minimum Gasteiger partial charge on any atom is -0.476 e. The van der Waals surface area contributed by atoms with Crippen LogP contribution in [0.4, 0.5) is 0 Å².